The van der Waals surface area contributed by atoms with E-state index in [0.29, 0.717) is 5.69 Å². The molecule has 0 saturated heterocycles. The average Bonchev–Trinajstić information content (AvgIpc) is 2.54. The third-order valence-corrected chi connectivity index (χ3v) is 4.68. The van der Waals surface area contributed by atoms with Gasteiger partial charge in [-0.3, -0.25) is 9.52 Å². The van der Waals surface area contributed by atoms with Gasteiger partial charge in [0.05, 0.1) is 21.3 Å². The molecule has 1 amide bonds. The summed E-state index contributed by atoms with van der Waals surface area (Å²) in [6, 6.07) is 9.53. The molecule has 140 valence electrons. The molecule has 2 aromatic rings. The largest absolute Gasteiger partial charge is 0.482 e. The van der Waals surface area contributed by atoms with Crippen molar-refractivity contribution in [3.63, 3.8) is 0 Å². The van der Waals surface area contributed by atoms with Gasteiger partial charge >= 0.3 is 0 Å². The molecule has 0 heterocycles. The maximum absolute atomic E-state index is 11.9. The number of carbonyl (C=O) groups is 1. The van der Waals surface area contributed by atoms with Gasteiger partial charge in [-0.15, -0.1) is 0 Å². The molecule has 2 N–H and O–H groups in total. The molecule has 0 aliphatic rings. The van der Waals surface area contributed by atoms with Crippen LogP contribution in [0.25, 0.3) is 0 Å². The second-order valence-corrected chi connectivity index (χ2v) is 8.31. The SMILES string of the molecule is CS(=O)(=O)Nc1cccc(CNC(=O)COc2cc(Cl)c(Cl)cc2Cl)c1. The van der Waals surface area contributed by atoms with Crippen LogP contribution in [0, 0.1) is 0 Å². The highest BCUT2D eigenvalue weighted by Crippen LogP contribution is 2.33. The molecule has 0 bridgehead atoms. The standard InChI is InChI=1S/C16H15Cl3N2O4S/c1-26(23,24)21-11-4-2-3-10(5-11)8-20-16(22)9-25-15-7-13(18)12(17)6-14(15)19/h2-7,21H,8-9H2,1H3,(H,20,22). The Labute approximate surface area is 166 Å². The molecule has 6 nitrogen and oxygen atoms in total. The monoisotopic (exact) mass is 436 g/mol. The van der Waals surface area contributed by atoms with Gasteiger partial charge in [-0.25, -0.2) is 8.42 Å². The maximum Gasteiger partial charge on any atom is 0.258 e. The summed E-state index contributed by atoms with van der Waals surface area (Å²) in [4.78, 5) is 11.9. The van der Waals surface area contributed by atoms with Gasteiger partial charge in [0.15, 0.2) is 6.61 Å². The molecule has 0 aliphatic carbocycles. The van der Waals surface area contributed by atoms with E-state index in [-0.39, 0.29) is 39.9 Å². The van der Waals surface area contributed by atoms with Crippen molar-refractivity contribution < 1.29 is 17.9 Å². The van der Waals surface area contributed by atoms with E-state index in [4.69, 9.17) is 39.5 Å². The second-order valence-electron chi connectivity index (χ2n) is 5.34. The zero-order valence-corrected chi connectivity index (χ0v) is 16.6. The van der Waals surface area contributed by atoms with E-state index in [1.807, 2.05) is 0 Å². The minimum atomic E-state index is -3.37. The lowest BCUT2D eigenvalue weighted by atomic mass is 10.2. The Bertz CT molecular complexity index is 920. The first-order valence-corrected chi connectivity index (χ1v) is 10.3. The lowest BCUT2D eigenvalue weighted by molar-refractivity contribution is -0.123. The van der Waals surface area contributed by atoms with E-state index < -0.39 is 10.0 Å². The van der Waals surface area contributed by atoms with Gasteiger partial charge < -0.3 is 10.1 Å². The smallest absolute Gasteiger partial charge is 0.258 e. The Hall–Kier alpha value is -1.67. The summed E-state index contributed by atoms with van der Waals surface area (Å²) in [5.74, 6) is -0.135. The lowest BCUT2D eigenvalue weighted by Gasteiger charge is -2.10. The van der Waals surface area contributed by atoms with Crippen molar-refractivity contribution in [2.24, 2.45) is 0 Å². The van der Waals surface area contributed by atoms with Gasteiger partial charge in [0.1, 0.15) is 5.75 Å². The molecule has 0 aliphatic heterocycles. The number of hydrogen-bond acceptors (Lipinski definition) is 4. The number of amides is 1. The molecule has 0 radical (unpaired) electrons. The Morgan fingerprint density at radius 1 is 1.08 bits per heavy atom. The predicted octanol–water partition coefficient (Wildman–Crippen LogP) is 3.71. The molecule has 0 aromatic heterocycles. The van der Waals surface area contributed by atoms with Crippen molar-refractivity contribution in [2.75, 3.05) is 17.6 Å². The fraction of sp³-hybridized carbons (Fsp3) is 0.188. The number of sulfonamides is 1. The van der Waals surface area contributed by atoms with Crippen LogP contribution < -0.4 is 14.8 Å². The number of halogens is 3. The van der Waals surface area contributed by atoms with Crippen LogP contribution in [-0.2, 0) is 21.4 Å². The van der Waals surface area contributed by atoms with E-state index in [9.17, 15) is 13.2 Å². The van der Waals surface area contributed by atoms with Crippen LogP contribution in [0.15, 0.2) is 36.4 Å². The number of carbonyl (C=O) groups excluding carboxylic acids is 1. The van der Waals surface area contributed by atoms with Crippen LogP contribution in [0.2, 0.25) is 15.1 Å². The Morgan fingerprint density at radius 2 is 1.77 bits per heavy atom. The van der Waals surface area contributed by atoms with Crippen LogP contribution >= 0.6 is 34.8 Å². The topological polar surface area (TPSA) is 84.5 Å². The van der Waals surface area contributed by atoms with E-state index >= 15 is 0 Å². The number of hydrogen-bond donors (Lipinski definition) is 2. The Morgan fingerprint density at radius 3 is 2.46 bits per heavy atom. The molecule has 0 fully saturated rings. The quantitative estimate of drug-likeness (QED) is 0.647. The molecule has 0 saturated carbocycles. The first-order valence-electron chi connectivity index (χ1n) is 7.25. The first-order chi connectivity index (χ1) is 12.1. The third kappa shape index (κ3) is 6.57. The van der Waals surface area contributed by atoms with Crippen LogP contribution in [0.5, 0.6) is 5.75 Å². The maximum atomic E-state index is 11.9. The van der Waals surface area contributed by atoms with E-state index in [1.54, 1.807) is 24.3 Å². The van der Waals surface area contributed by atoms with Crippen molar-refractivity contribution in [1.29, 1.82) is 0 Å². The molecule has 0 unspecified atom stereocenters. The molecule has 10 heteroatoms. The molecule has 2 rings (SSSR count). The highest BCUT2D eigenvalue weighted by atomic mass is 35.5. The van der Waals surface area contributed by atoms with Crippen LogP contribution in [0.1, 0.15) is 5.56 Å². The van der Waals surface area contributed by atoms with Gasteiger partial charge in [-0.1, -0.05) is 46.9 Å². The zero-order chi connectivity index (χ0) is 19.3. The van der Waals surface area contributed by atoms with Gasteiger partial charge in [-0.05, 0) is 23.8 Å². The zero-order valence-electron chi connectivity index (χ0n) is 13.6. The van der Waals surface area contributed by atoms with E-state index in [2.05, 4.69) is 10.0 Å². The fourth-order valence-corrected chi connectivity index (χ4v) is 3.12. The summed E-state index contributed by atoms with van der Waals surface area (Å²) < 4.78 is 30.2. The predicted molar refractivity (Wildman–Crippen MR) is 104 cm³/mol. The number of rotatable bonds is 7. The molecular formula is C16H15Cl3N2O4S. The summed E-state index contributed by atoms with van der Waals surface area (Å²) in [5, 5.41) is 3.46. The van der Waals surface area contributed by atoms with Gasteiger partial charge in [0, 0.05) is 18.3 Å². The van der Waals surface area contributed by atoms with Crippen molar-refractivity contribution >= 4 is 56.4 Å². The van der Waals surface area contributed by atoms with Crippen molar-refractivity contribution in [2.45, 2.75) is 6.54 Å². The third-order valence-electron chi connectivity index (χ3n) is 3.05. The minimum Gasteiger partial charge on any atom is -0.482 e. The van der Waals surface area contributed by atoms with Crippen LogP contribution in [0.4, 0.5) is 5.69 Å². The number of benzene rings is 2. The fourth-order valence-electron chi connectivity index (χ4n) is 1.97. The highest BCUT2D eigenvalue weighted by Gasteiger charge is 2.10. The number of nitrogens with one attached hydrogen (secondary N) is 2. The summed E-state index contributed by atoms with van der Waals surface area (Å²) >= 11 is 17.7. The molecule has 0 spiro atoms. The minimum absolute atomic E-state index is 0.205. The average molecular weight is 438 g/mol. The van der Waals surface area contributed by atoms with Gasteiger partial charge in [-0.2, -0.15) is 0 Å². The Balaban J connectivity index is 1.89. The van der Waals surface area contributed by atoms with Crippen LogP contribution in [-0.4, -0.2) is 27.2 Å². The van der Waals surface area contributed by atoms with Crippen LogP contribution in [0.3, 0.4) is 0 Å². The van der Waals surface area contributed by atoms with E-state index in [0.717, 1.165) is 11.8 Å². The number of ether oxygens (including phenoxy) is 1. The summed E-state index contributed by atoms with van der Waals surface area (Å²) in [6.07, 6.45) is 1.06. The van der Waals surface area contributed by atoms with Crippen molar-refractivity contribution in [1.82, 2.24) is 5.32 Å². The summed E-state index contributed by atoms with van der Waals surface area (Å²) in [5.41, 5.74) is 1.14. The number of anilines is 1. The second kappa shape index (κ2) is 8.81. The molecule has 26 heavy (non-hydrogen) atoms. The molecular weight excluding hydrogens is 423 g/mol. The highest BCUT2D eigenvalue weighted by molar-refractivity contribution is 7.92. The normalized spacial score (nSPS) is 11.1. The molecule has 0 atom stereocenters. The Kier molecular flexibility index (Phi) is 7.00. The summed E-state index contributed by atoms with van der Waals surface area (Å²) in [6.45, 7) is -0.0600. The van der Waals surface area contributed by atoms with Crippen molar-refractivity contribution in [3.8, 4) is 5.75 Å². The molecule has 2 aromatic carbocycles. The summed E-state index contributed by atoms with van der Waals surface area (Å²) in [7, 11) is -3.37. The van der Waals surface area contributed by atoms with Gasteiger partial charge in [0.25, 0.3) is 5.91 Å². The van der Waals surface area contributed by atoms with E-state index in [1.165, 1.54) is 12.1 Å². The van der Waals surface area contributed by atoms with Crippen molar-refractivity contribution in [3.05, 3.63) is 57.0 Å². The first kappa shape index (κ1) is 20.6. The van der Waals surface area contributed by atoms with Gasteiger partial charge in [0.2, 0.25) is 10.0 Å². The lowest BCUT2D eigenvalue weighted by Crippen LogP contribution is -2.28.